The lowest BCUT2D eigenvalue weighted by molar-refractivity contribution is 0.0950. The van der Waals surface area contributed by atoms with E-state index in [4.69, 9.17) is 0 Å². The number of carbonyl (C=O) groups is 1. The van der Waals surface area contributed by atoms with Crippen molar-refractivity contribution in [2.75, 3.05) is 11.9 Å². The standard InChI is InChI=1S/C17H20FN3O/c1-2-3-8-20-15-9-14(10-19-12-15)17(22)21-11-13-6-4-5-7-16(13)18/h4-7,9-10,12,20H,2-3,8,11H2,1H3,(H,21,22). The maximum Gasteiger partial charge on any atom is 0.253 e. The van der Waals surface area contributed by atoms with Crippen LogP contribution < -0.4 is 10.6 Å². The third-order valence-corrected chi connectivity index (χ3v) is 3.26. The number of unbranched alkanes of at least 4 members (excludes halogenated alkanes) is 1. The van der Waals surface area contributed by atoms with Gasteiger partial charge in [-0.3, -0.25) is 9.78 Å². The first-order valence-electron chi connectivity index (χ1n) is 7.41. The Morgan fingerprint density at radius 2 is 2.09 bits per heavy atom. The summed E-state index contributed by atoms with van der Waals surface area (Å²) in [6, 6.07) is 8.14. The number of carbonyl (C=O) groups excluding carboxylic acids is 1. The average molecular weight is 301 g/mol. The Morgan fingerprint density at radius 1 is 1.27 bits per heavy atom. The van der Waals surface area contributed by atoms with Crippen molar-refractivity contribution >= 4 is 11.6 Å². The second-order valence-electron chi connectivity index (χ2n) is 5.02. The summed E-state index contributed by atoms with van der Waals surface area (Å²) >= 11 is 0. The molecule has 2 rings (SSSR count). The molecule has 0 saturated heterocycles. The molecule has 0 aliphatic heterocycles. The molecule has 0 atom stereocenters. The summed E-state index contributed by atoms with van der Waals surface area (Å²) in [6.45, 7) is 3.12. The highest BCUT2D eigenvalue weighted by Crippen LogP contribution is 2.10. The molecule has 0 bridgehead atoms. The first-order valence-corrected chi connectivity index (χ1v) is 7.41. The predicted octanol–water partition coefficient (Wildman–Crippen LogP) is 3.36. The smallest absolute Gasteiger partial charge is 0.253 e. The number of hydrogen-bond acceptors (Lipinski definition) is 3. The van der Waals surface area contributed by atoms with Crippen molar-refractivity contribution in [1.29, 1.82) is 0 Å². The van der Waals surface area contributed by atoms with E-state index in [0.29, 0.717) is 11.1 Å². The fraction of sp³-hybridized carbons (Fsp3) is 0.294. The lowest BCUT2D eigenvalue weighted by atomic mass is 10.2. The van der Waals surface area contributed by atoms with E-state index in [1.165, 1.54) is 12.3 Å². The summed E-state index contributed by atoms with van der Waals surface area (Å²) in [5, 5.41) is 5.93. The molecule has 0 unspecified atom stereocenters. The first kappa shape index (κ1) is 15.9. The highest BCUT2D eigenvalue weighted by atomic mass is 19.1. The molecule has 1 amide bonds. The van der Waals surface area contributed by atoms with Gasteiger partial charge in [0.15, 0.2) is 0 Å². The van der Waals surface area contributed by atoms with Crippen LogP contribution in [0, 0.1) is 5.82 Å². The van der Waals surface area contributed by atoms with Gasteiger partial charge in [-0.2, -0.15) is 0 Å². The largest absolute Gasteiger partial charge is 0.384 e. The third kappa shape index (κ3) is 4.55. The first-order chi connectivity index (χ1) is 10.7. The molecule has 2 N–H and O–H groups in total. The van der Waals surface area contributed by atoms with Crippen LogP contribution in [0.3, 0.4) is 0 Å². The van der Waals surface area contributed by atoms with E-state index in [9.17, 15) is 9.18 Å². The van der Waals surface area contributed by atoms with Crippen molar-refractivity contribution in [2.24, 2.45) is 0 Å². The van der Waals surface area contributed by atoms with Crippen LogP contribution in [0.5, 0.6) is 0 Å². The summed E-state index contributed by atoms with van der Waals surface area (Å²) in [4.78, 5) is 16.2. The van der Waals surface area contributed by atoms with Gasteiger partial charge in [-0.15, -0.1) is 0 Å². The van der Waals surface area contributed by atoms with Crippen LogP contribution in [0.1, 0.15) is 35.7 Å². The second-order valence-corrected chi connectivity index (χ2v) is 5.02. The fourth-order valence-electron chi connectivity index (χ4n) is 1.99. The van der Waals surface area contributed by atoms with Crippen LogP contribution in [-0.4, -0.2) is 17.4 Å². The van der Waals surface area contributed by atoms with Gasteiger partial charge in [0, 0.05) is 31.0 Å². The topological polar surface area (TPSA) is 54.0 Å². The van der Waals surface area contributed by atoms with Gasteiger partial charge in [-0.25, -0.2) is 4.39 Å². The maximum absolute atomic E-state index is 13.5. The van der Waals surface area contributed by atoms with E-state index in [1.54, 1.807) is 30.5 Å². The number of rotatable bonds is 7. The zero-order chi connectivity index (χ0) is 15.8. The molecule has 2 aromatic rings. The number of aromatic nitrogens is 1. The molecule has 0 saturated carbocycles. The third-order valence-electron chi connectivity index (χ3n) is 3.26. The van der Waals surface area contributed by atoms with E-state index in [2.05, 4.69) is 22.5 Å². The lowest BCUT2D eigenvalue weighted by Gasteiger charge is -2.08. The van der Waals surface area contributed by atoms with Crippen molar-refractivity contribution in [3.05, 3.63) is 59.7 Å². The Labute approximate surface area is 129 Å². The Bertz CT molecular complexity index is 631. The summed E-state index contributed by atoms with van der Waals surface area (Å²) in [6.07, 6.45) is 5.35. The molecular formula is C17H20FN3O. The molecule has 0 spiro atoms. The number of anilines is 1. The summed E-state index contributed by atoms with van der Waals surface area (Å²) in [7, 11) is 0. The van der Waals surface area contributed by atoms with E-state index in [1.807, 2.05) is 0 Å². The number of nitrogens with zero attached hydrogens (tertiary/aromatic N) is 1. The van der Waals surface area contributed by atoms with Crippen molar-refractivity contribution < 1.29 is 9.18 Å². The van der Waals surface area contributed by atoms with Crippen LogP contribution in [-0.2, 0) is 6.54 Å². The van der Waals surface area contributed by atoms with Crippen LogP contribution in [0.4, 0.5) is 10.1 Å². The lowest BCUT2D eigenvalue weighted by Crippen LogP contribution is -2.23. The quantitative estimate of drug-likeness (QED) is 0.771. The van der Waals surface area contributed by atoms with E-state index < -0.39 is 0 Å². The molecule has 0 aliphatic carbocycles. The highest BCUT2D eigenvalue weighted by molar-refractivity contribution is 5.94. The van der Waals surface area contributed by atoms with Gasteiger partial charge in [0.1, 0.15) is 5.82 Å². The molecule has 4 nitrogen and oxygen atoms in total. The summed E-state index contributed by atoms with van der Waals surface area (Å²) in [5.74, 6) is -0.592. The molecule has 116 valence electrons. The van der Waals surface area contributed by atoms with E-state index >= 15 is 0 Å². The minimum absolute atomic E-state index is 0.152. The van der Waals surface area contributed by atoms with Crippen LogP contribution in [0.2, 0.25) is 0 Å². The zero-order valence-electron chi connectivity index (χ0n) is 12.6. The molecule has 0 aliphatic rings. The van der Waals surface area contributed by atoms with Crippen molar-refractivity contribution in [1.82, 2.24) is 10.3 Å². The van der Waals surface area contributed by atoms with Gasteiger partial charge in [-0.1, -0.05) is 31.5 Å². The SMILES string of the molecule is CCCCNc1cncc(C(=O)NCc2ccccc2F)c1. The van der Waals surface area contributed by atoms with Crippen LogP contribution in [0.25, 0.3) is 0 Å². The molecule has 1 aromatic heterocycles. The summed E-state index contributed by atoms with van der Waals surface area (Å²) < 4.78 is 13.5. The van der Waals surface area contributed by atoms with Crippen LogP contribution in [0.15, 0.2) is 42.7 Å². The van der Waals surface area contributed by atoms with Gasteiger partial charge < -0.3 is 10.6 Å². The Balaban J connectivity index is 1.95. The molecule has 0 radical (unpaired) electrons. The Morgan fingerprint density at radius 3 is 2.86 bits per heavy atom. The minimum atomic E-state index is -0.323. The van der Waals surface area contributed by atoms with Gasteiger partial charge in [0.2, 0.25) is 0 Å². The molecule has 1 heterocycles. The molecule has 5 heteroatoms. The average Bonchev–Trinajstić information content (AvgIpc) is 2.54. The predicted molar refractivity (Wildman–Crippen MR) is 85.2 cm³/mol. The molecule has 22 heavy (non-hydrogen) atoms. The minimum Gasteiger partial charge on any atom is -0.384 e. The Kier molecular flexibility index (Phi) is 5.89. The second kappa shape index (κ2) is 8.12. The van der Waals surface area contributed by atoms with Crippen molar-refractivity contribution in [2.45, 2.75) is 26.3 Å². The molecule has 1 aromatic carbocycles. The zero-order valence-corrected chi connectivity index (χ0v) is 12.6. The Hall–Kier alpha value is -2.43. The maximum atomic E-state index is 13.5. The molecule has 0 fully saturated rings. The van der Waals surface area contributed by atoms with Gasteiger partial charge in [0.25, 0.3) is 5.91 Å². The van der Waals surface area contributed by atoms with Crippen LogP contribution >= 0.6 is 0 Å². The molecular weight excluding hydrogens is 281 g/mol. The number of halogens is 1. The fourth-order valence-corrected chi connectivity index (χ4v) is 1.99. The van der Waals surface area contributed by atoms with Gasteiger partial charge >= 0.3 is 0 Å². The monoisotopic (exact) mass is 301 g/mol. The van der Waals surface area contributed by atoms with Crippen molar-refractivity contribution in [3.63, 3.8) is 0 Å². The van der Waals surface area contributed by atoms with Gasteiger partial charge in [-0.05, 0) is 18.6 Å². The number of nitrogens with one attached hydrogen (secondary N) is 2. The van der Waals surface area contributed by atoms with Crippen molar-refractivity contribution in [3.8, 4) is 0 Å². The number of pyridine rings is 1. The van der Waals surface area contributed by atoms with E-state index in [0.717, 1.165) is 25.1 Å². The number of benzene rings is 1. The van der Waals surface area contributed by atoms with E-state index in [-0.39, 0.29) is 18.3 Å². The summed E-state index contributed by atoms with van der Waals surface area (Å²) in [5.41, 5.74) is 1.73. The number of hydrogen-bond donors (Lipinski definition) is 2. The number of amides is 1. The normalized spacial score (nSPS) is 10.3. The highest BCUT2D eigenvalue weighted by Gasteiger charge is 2.08. The van der Waals surface area contributed by atoms with Gasteiger partial charge in [0.05, 0.1) is 11.3 Å².